The first-order valence-corrected chi connectivity index (χ1v) is 8.62. The van der Waals surface area contributed by atoms with Crippen LogP contribution in [0.15, 0.2) is 42.5 Å². The van der Waals surface area contributed by atoms with Crippen LogP contribution in [0.3, 0.4) is 0 Å². The number of halogens is 1. The molecule has 2 aromatic carbocycles. The Labute approximate surface area is 162 Å². The van der Waals surface area contributed by atoms with Crippen LogP contribution in [0.1, 0.15) is 17.3 Å². The Hall–Kier alpha value is -2.69. The number of carbonyl (C=O) groups excluding carboxylic acids is 2. The molecule has 136 valence electrons. The van der Waals surface area contributed by atoms with Crippen molar-refractivity contribution in [3.63, 3.8) is 0 Å². The third-order valence-electron chi connectivity index (χ3n) is 3.13. The van der Waals surface area contributed by atoms with E-state index in [0.29, 0.717) is 5.69 Å². The van der Waals surface area contributed by atoms with E-state index in [9.17, 15) is 19.7 Å². The molecule has 0 unspecified atom stereocenters. The van der Waals surface area contributed by atoms with Crippen LogP contribution < -0.4 is 10.1 Å². The highest BCUT2D eigenvalue weighted by Crippen LogP contribution is 2.28. The molecule has 0 saturated heterocycles. The first-order chi connectivity index (χ1) is 12.4. The van der Waals surface area contributed by atoms with Crippen molar-refractivity contribution >= 4 is 45.8 Å². The number of rotatable bonds is 7. The summed E-state index contributed by atoms with van der Waals surface area (Å²) in [6, 6.07) is 10.8. The van der Waals surface area contributed by atoms with Crippen LogP contribution in [0.2, 0.25) is 0 Å². The number of nitro benzene ring substituents is 1. The van der Waals surface area contributed by atoms with Crippen LogP contribution in [-0.4, -0.2) is 30.0 Å². The van der Waals surface area contributed by atoms with E-state index >= 15 is 0 Å². The lowest BCUT2D eigenvalue weighted by molar-refractivity contribution is -0.385. The van der Waals surface area contributed by atoms with Crippen LogP contribution in [0.5, 0.6) is 5.75 Å². The van der Waals surface area contributed by atoms with Gasteiger partial charge in [-0.05, 0) is 59.8 Å². The number of nitrogens with zero attached hydrogens (tertiary/aromatic N) is 1. The van der Waals surface area contributed by atoms with E-state index in [4.69, 9.17) is 9.47 Å². The van der Waals surface area contributed by atoms with Gasteiger partial charge < -0.3 is 14.8 Å². The summed E-state index contributed by atoms with van der Waals surface area (Å²) in [4.78, 5) is 34.3. The van der Waals surface area contributed by atoms with Crippen LogP contribution in [0, 0.1) is 13.7 Å². The number of anilines is 1. The van der Waals surface area contributed by atoms with Crippen molar-refractivity contribution in [2.75, 3.05) is 18.5 Å². The SMILES string of the molecule is CCOc1ccc(C(=O)OCC(=O)Nc2cccc(I)c2)cc1[N+](=O)[O-]. The molecular formula is C17H15IN2O6. The number of carbonyl (C=O) groups is 2. The van der Waals surface area contributed by atoms with Crippen molar-refractivity contribution in [2.45, 2.75) is 6.92 Å². The fourth-order valence-corrected chi connectivity index (χ4v) is 2.59. The molecule has 0 heterocycles. The number of nitro groups is 1. The molecule has 0 saturated carbocycles. The molecule has 0 aromatic heterocycles. The number of hydrogen-bond donors (Lipinski definition) is 1. The van der Waals surface area contributed by atoms with Gasteiger partial charge in [0, 0.05) is 15.3 Å². The minimum atomic E-state index is -0.839. The molecule has 26 heavy (non-hydrogen) atoms. The Morgan fingerprint density at radius 1 is 1.23 bits per heavy atom. The lowest BCUT2D eigenvalue weighted by atomic mass is 10.2. The summed E-state index contributed by atoms with van der Waals surface area (Å²) >= 11 is 2.11. The molecule has 0 spiro atoms. The molecule has 0 aliphatic rings. The second kappa shape index (κ2) is 9.13. The summed E-state index contributed by atoms with van der Waals surface area (Å²) in [7, 11) is 0. The van der Waals surface area contributed by atoms with E-state index in [-0.39, 0.29) is 23.6 Å². The second-order valence-electron chi connectivity index (χ2n) is 5.01. The van der Waals surface area contributed by atoms with Crippen LogP contribution in [-0.2, 0) is 9.53 Å². The van der Waals surface area contributed by atoms with E-state index < -0.39 is 23.4 Å². The molecule has 2 aromatic rings. The number of amides is 1. The van der Waals surface area contributed by atoms with Gasteiger partial charge in [0.1, 0.15) is 0 Å². The maximum atomic E-state index is 12.0. The molecular weight excluding hydrogens is 455 g/mol. The smallest absolute Gasteiger partial charge is 0.338 e. The molecule has 0 radical (unpaired) electrons. The average Bonchev–Trinajstić information content (AvgIpc) is 2.60. The maximum Gasteiger partial charge on any atom is 0.338 e. The van der Waals surface area contributed by atoms with Gasteiger partial charge >= 0.3 is 11.7 Å². The molecule has 2 rings (SSSR count). The molecule has 0 aliphatic carbocycles. The topological polar surface area (TPSA) is 108 Å². The lowest BCUT2D eigenvalue weighted by Crippen LogP contribution is -2.21. The van der Waals surface area contributed by atoms with Gasteiger partial charge in [0.15, 0.2) is 12.4 Å². The van der Waals surface area contributed by atoms with Gasteiger partial charge in [-0.15, -0.1) is 0 Å². The summed E-state index contributed by atoms with van der Waals surface area (Å²) in [6.45, 7) is 1.44. The van der Waals surface area contributed by atoms with Crippen molar-refractivity contribution in [1.82, 2.24) is 0 Å². The molecule has 1 N–H and O–H groups in total. The highest BCUT2D eigenvalue weighted by Gasteiger charge is 2.20. The third kappa shape index (κ3) is 5.41. The van der Waals surface area contributed by atoms with E-state index in [2.05, 4.69) is 27.9 Å². The summed E-state index contributed by atoms with van der Waals surface area (Å²) in [5.74, 6) is -1.29. The predicted octanol–water partition coefficient (Wildman–Crippen LogP) is 3.39. The van der Waals surface area contributed by atoms with E-state index in [0.717, 1.165) is 9.64 Å². The summed E-state index contributed by atoms with van der Waals surface area (Å²) in [6.07, 6.45) is 0. The number of esters is 1. The van der Waals surface area contributed by atoms with Gasteiger partial charge in [-0.25, -0.2) is 4.79 Å². The van der Waals surface area contributed by atoms with Crippen LogP contribution in [0.25, 0.3) is 0 Å². The van der Waals surface area contributed by atoms with Gasteiger partial charge in [0.05, 0.1) is 17.1 Å². The van der Waals surface area contributed by atoms with Crippen molar-refractivity contribution in [3.8, 4) is 5.75 Å². The standard InChI is InChI=1S/C17H15IN2O6/c1-2-25-15-7-6-11(8-14(15)20(23)24)17(22)26-10-16(21)19-13-5-3-4-12(18)9-13/h3-9H,2,10H2,1H3,(H,19,21). The molecule has 9 heteroatoms. The molecule has 0 atom stereocenters. The minimum Gasteiger partial charge on any atom is -0.487 e. The Balaban J connectivity index is 2.00. The minimum absolute atomic E-state index is 0.0396. The van der Waals surface area contributed by atoms with Gasteiger partial charge in [-0.2, -0.15) is 0 Å². The summed E-state index contributed by atoms with van der Waals surface area (Å²) in [5.41, 5.74) is 0.196. The molecule has 0 bridgehead atoms. The van der Waals surface area contributed by atoms with Gasteiger partial charge in [-0.1, -0.05) is 6.07 Å². The Bertz CT molecular complexity index is 840. The molecule has 0 fully saturated rings. The number of ether oxygens (including phenoxy) is 2. The van der Waals surface area contributed by atoms with Gasteiger partial charge in [0.25, 0.3) is 5.91 Å². The highest BCUT2D eigenvalue weighted by atomic mass is 127. The van der Waals surface area contributed by atoms with Crippen molar-refractivity contribution in [2.24, 2.45) is 0 Å². The van der Waals surface area contributed by atoms with Crippen molar-refractivity contribution in [3.05, 3.63) is 61.7 Å². The molecule has 1 amide bonds. The first-order valence-electron chi connectivity index (χ1n) is 7.54. The van der Waals surface area contributed by atoms with E-state index in [1.165, 1.54) is 12.1 Å². The Morgan fingerprint density at radius 2 is 2.00 bits per heavy atom. The zero-order chi connectivity index (χ0) is 19.1. The zero-order valence-corrected chi connectivity index (χ0v) is 15.9. The van der Waals surface area contributed by atoms with Gasteiger partial charge in [0.2, 0.25) is 0 Å². The first kappa shape index (κ1) is 19.6. The molecule has 8 nitrogen and oxygen atoms in total. The van der Waals surface area contributed by atoms with Crippen molar-refractivity contribution in [1.29, 1.82) is 0 Å². The average molecular weight is 470 g/mol. The van der Waals surface area contributed by atoms with Crippen LogP contribution in [0.4, 0.5) is 11.4 Å². The van der Waals surface area contributed by atoms with E-state index in [1.807, 2.05) is 6.07 Å². The van der Waals surface area contributed by atoms with Crippen molar-refractivity contribution < 1.29 is 24.0 Å². The van der Waals surface area contributed by atoms with Crippen LogP contribution >= 0.6 is 22.6 Å². The quantitative estimate of drug-likeness (QED) is 0.288. The third-order valence-corrected chi connectivity index (χ3v) is 3.80. The number of nitrogens with one attached hydrogen (secondary N) is 1. The highest BCUT2D eigenvalue weighted by molar-refractivity contribution is 14.1. The predicted molar refractivity (Wildman–Crippen MR) is 102 cm³/mol. The fourth-order valence-electron chi connectivity index (χ4n) is 2.04. The monoisotopic (exact) mass is 470 g/mol. The fraction of sp³-hybridized carbons (Fsp3) is 0.176. The summed E-state index contributed by atoms with van der Waals surface area (Å²) in [5, 5.41) is 13.7. The van der Waals surface area contributed by atoms with E-state index in [1.54, 1.807) is 25.1 Å². The second-order valence-corrected chi connectivity index (χ2v) is 6.25. The lowest BCUT2D eigenvalue weighted by Gasteiger charge is -2.08. The molecule has 0 aliphatic heterocycles. The number of benzene rings is 2. The Morgan fingerprint density at radius 3 is 2.65 bits per heavy atom. The Kier molecular flexibility index (Phi) is 6.89. The number of hydrogen-bond acceptors (Lipinski definition) is 6. The normalized spacial score (nSPS) is 10.1. The summed E-state index contributed by atoms with van der Waals surface area (Å²) < 4.78 is 11.0. The largest absolute Gasteiger partial charge is 0.487 e. The van der Waals surface area contributed by atoms with Gasteiger partial charge in [-0.3, -0.25) is 14.9 Å². The zero-order valence-electron chi connectivity index (χ0n) is 13.7. The maximum absolute atomic E-state index is 12.0.